The van der Waals surface area contributed by atoms with E-state index in [1.165, 1.54) is 18.2 Å². The summed E-state index contributed by atoms with van der Waals surface area (Å²) in [6, 6.07) is 3.51. The van der Waals surface area contributed by atoms with Crippen LogP contribution in [0.5, 0.6) is 5.75 Å². The van der Waals surface area contributed by atoms with E-state index >= 15 is 0 Å². The SMILES string of the molecule is CCOC(=O)COc1c(Cl)cc(/C=C(/C#N)C(=O)NC(N)=O)cc1Br. The Balaban J connectivity index is 3.03. The van der Waals surface area contributed by atoms with Crippen molar-refractivity contribution in [3.63, 3.8) is 0 Å². The van der Waals surface area contributed by atoms with Crippen LogP contribution in [-0.2, 0) is 14.3 Å². The number of carbonyl (C=O) groups is 3. The number of hydrogen-bond acceptors (Lipinski definition) is 6. The maximum Gasteiger partial charge on any atom is 0.344 e. The molecule has 0 aliphatic heterocycles. The molecule has 3 amide bonds. The number of nitrogens with one attached hydrogen (secondary N) is 1. The van der Waals surface area contributed by atoms with Gasteiger partial charge in [-0.25, -0.2) is 9.59 Å². The van der Waals surface area contributed by atoms with Crippen molar-refractivity contribution in [2.45, 2.75) is 6.92 Å². The van der Waals surface area contributed by atoms with Crippen molar-refractivity contribution in [3.05, 3.63) is 32.8 Å². The molecule has 25 heavy (non-hydrogen) atoms. The molecule has 0 aliphatic rings. The molecule has 0 aromatic heterocycles. The van der Waals surface area contributed by atoms with E-state index in [0.29, 0.717) is 10.0 Å². The van der Waals surface area contributed by atoms with E-state index in [2.05, 4.69) is 15.9 Å². The summed E-state index contributed by atoms with van der Waals surface area (Å²) in [4.78, 5) is 33.6. The van der Waals surface area contributed by atoms with E-state index in [0.717, 1.165) is 0 Å². The van der Waals surface area contributed by atoms with E-state index in [-0.39, 0.29) is 29.6 Å². The molecule has 1 aromatic rings. The smallest absolute Gasteiger partial charge is 0.344 e. The standard InChI is InChI=1S/C15H13BrClN3O5/c1-2-24-12(21)7-25-13-10(16)4-8(5-11(13)17)3-9(6-18)14(22)20-15(19)23/h3-5H,2,7H2,1H3,(H3,19,20,22,23)/b9-3-. The van der Waals surface area contributed by atoms with Crippen LogP contribution in [0.4, 0.5) is 4.79 Å². The first-order chi connectivity index (χ1) is 11.8. The van der Waals surface area contributed by atoms with Gasteiger partial charge in [-0.05, 0) is 46.6 Å². The molecule has 0 fully saturated rings. The predicted octanol–water partition coefficient (Wildman–Crippen LogP) is 2.15. The van der Waals surface area contributed by atoms with Gasteiger partial charge in [-0.2, -0.15) is 5.26 Å². The zero-order chi connectivity index (χ0) is 19.0. The van der Waals surface area contributed by atoms with Crippen molar-refractivity contribution in [1.82, 2.24) is 5.32 Å². The molecular formula is C15H13BrClN3O5. The van der Waals surface area contributed by atoms with Gasteiger partial charge in [0.25, 0.3) is 5.91 Å². The molecule has 0 aliphatic carbocycles. The zero-order valence-electron chi connectivity index (χ0n) is 13.0. The summed E-state index contributed by atoms with van der Waals surface area (Å²) in [6.45, 7) is 1.57. The first-order valence-electron chi connectivity index (χ1n) is 6.78. The molecule has 0 unspecified atom stereocenters. The lowest BCUT2D eigenvalue weighted by molar-refractivity contribution is -0.145. The van der Waals surface area contributed by atoms with Crippen LogP contribution in [0.15, 0.2) is 22.2 Å². The quantitative estimate of drug-likeness (QED) is 0.404. The average Bonchev–Trinajstić information content (AvgIpc) is 2.51. The van der Waals surface area contributed by atoms with Gasteiger partial charge in [-0.15, -0.1) is 0 Å². The first kappa shape index (κ1) is 20.5. The molecule has 0 heterocycles. The van der Waals surface area contributed by atoms with E-state index in [4.69, 9.17) is 32.1 Å². The Bertz CT molecular complexity index is 750. The Kier molecular flexibility index (Phi) is 7.91. The number of hydrogen-bond donors (Lipinski definition) is 2. The molecule has 0 spiro atoms. The average molecular weight is 431 g/mol. The summed E-state index contributed by atoms with van der Waals surface area (Å²) < 4.78 is 10.4. The number of benzene rings is 1. The van der Waals surface area contributed by atoms with Crippen LogP contribution in [0.3, 0.4) is 0 Å². The fraction of sp³-hybridized carbons (Fsp3) is 0.200. The van der Waals surface area contributed by atoms with Crippen molar-refractivity contribution in [2.75, 3.05) is 13.2 Å². The van der Waals surface area contributed by atoms with Gasteiger partial charge in [0, 0.05) is 0 Å². The normalized spacial score (nSPS) is 10.6. The van der Waals surface area contributed by atoms with Crippen molar-refractivity contribution in [3.8, 4) is 11.8 Å². The molecule has 8 nitrogen and oxygen atoms in total. The number of esters is 1. The molecule has 3 N–H and O–H groups in total. The van der Waals surface area contributed by atoms with Crippen LogP contribution in [0.2, 0.25) is 5.02 Å². The van der Waals surface area contributed by atoms with Crippen LogP contribution in [0, 0.1) is 11.3 Å². The third-order valence-electron chi connectivity index (χ3n) is 2.57. The highest BCUT2D eigenvalue weighted by Gasteiger charge is 2.14. The van der Waals surface area contributed by atoms with Crippen LogP contribution >= 0.6 is 27.5 Å². The first-order valence-corrected chi connectivity index (χ1v) is 7.95. The predicted molar refractivity (Wildman–Crippen MR) is 92.6 cm³/mol. The number of ether oxygens (including phenoxy) is 2. The monoisotopic (exact) mass is 429 g/mol. The topological polar surface area (TPSA) is 132 Å². The Morgan fingerprint density at radius 3 is 2.64 bits per heavy atom. The molecule has 1 aromatic carbocycles. The fourth-order valence-electron chi connectivity index (χ4n) is 1.63. The highest BCUT2D eigenvalue weighted by Crippen LogP contribution is 2.35. The number of nitriles is 1. The van der Waals surface area contributed by atoms with E-state index in [1.807, 2.05) is 0 Å². The zero-order valence-corrected chi connectivity index (χ0v) is 15.3. The minimum absolute atomic E-state index is 0.137. The minimum atomic E-state index is -1.08. The third kappa shape index (κ3) is 6.45. The molecule has 0 atom stereocenters. The van der Waals surface area contributed by atoms with Crippen LogP contribution < -0.4 is 15.8 Å². The molecule has 1 rings (SSSR count). The van der Waals surface area contributed by atoms with Crippen LogP contribution in [-0.4, -0.2) is 31.1 Å². The second-order valence-electron chi connectivity index (χ2n) is 4.40. The number of halogens is 2. The van der Waals surface area contributed by atoms with Gasteiger partial charge >= 0.3 is 12.0 Å². The summed E-state index contributed by atoms with van der Waals surface area (Å²) >= 11 is 9.32. The van der Waals surface area contributed by atoms with Gasteiger partial charge in [0.15, 0.2) is 12.4 Å². The Morgan fingerprint density at radius 1 is 1.44 bits per heavy atom. The molecule has 0 saturated carbocycles. The van der Waals surface area contributed by atoms with Gasteiger partial charge in [0.1, 0.15) is 11.6 Å². The van der Waals surface area contributed by atoms with E-state index in [9.17, 15) is 14.4 Å². The van der Waals surface area contributed by atoms with Crippen molar-refractivity contribution < 1.29 is 23.9 Å². The molecule has 0 radical (unpaired) electrons. The van der Waals surface area contributed by atoms with Crippen LogP contribution in [0.25, 0.3) is 6.08 Å². The minimum Gasteiger partial charge on any atom is -0.479 e. The second kappa shape index (κ2) is 9.66. The molecular weight excluding hydrogens is 418 g/mol. The number of nitrogens with two attached hydrogens (primary N) is 1. The van der Waals surface area contributed by atoms with Crippen LogP contribution in [0.1, 0.15) is 12.5 Å². The lowest BCUT2D eigenvalue weighted by Crippen LogP contribution is -2.35. The van der Waals surface area contributed by atoms with Crippen molar-refractivity contribution >= 4 is 51.5 Å². The maximum absolute atomic E-state index is 11.6. The van der Waals surface area contributed by atoms with Gasteiger partial charge < -0.3 is 15.2 Å². The molecule has 10 heteroatoms. The lowest BCUT2D eigenvalue weighted by atomic mass is 10.1. The van der Waals surface area contributed by atoms with E-state index < -0.39 is 17.9 Å². The molecule has 0 saturated heterocycles. The fourth-order valence-corrected chi connectivity index (χ4v) is 2.62. The molecule has 0 bridgehead atoms. The largest absolute Gasteiger partial charge is 0.479 e. The van der Waals surface area contributed by atoms with Gasteiger partial charge in [-0.1, -0.05) is 11.6 Å². The van der Waals surface area contributed by atoms with Crippen molar-refractivity contribution in [1.29, 1.82) is 5.26 Å². The number of carbonyl (C=O) groups excluding carboxylic acids is 3. The Morgan fingerprint density at radius 2 is 2.12 bits per heavy atom. The summed E-state index contributed by atoms with van der Waals surface area (Å²) in [5.41, 5.74) is 4.88. The van der Waals surface area contributed by atoms with Gasteiger partial charge in [-0.3, -0.25) is 10.1 Å². The number of rotatable bonds is 6. The van der Waals surface area contributed by atoms with Crippen molar-refractivity contribution in [2.24, 2.45) is 5.73 Å². The maximum atomic E-state index is 11.6. The summed E-state index contributed by atoms with van der Waals surface area (Å²) in [7, 11) is 0. The lowest BCUT2D eigenvalue weighted by Gasteiger charge is -2.10. The number of imide groups is 1. The third-order valence-corrected chi connectivity index (χ3v) is 3.44. The number of amides is 3. The second-order valence-corrected chi connectivity index (χ2v) is 5.66. The number of urea groups is 1. The number of primary amides is 1. The summed E-state index contributed by atoms with van der Waals surface area (Å²) in [6.07, 6.45) is 1.21. The molecule has 132 valence electrons. The van der Waals surface area contributed by atoms with Gasteiger partial charge in [0.2, 0.25) is 0 Å². The Labute approximate surface area is 156 Å². The summed E-state index contributed by atoms with van der Waals surface area (Å²) in [5, 5.41) is 10.9. The Hall–Kier alpha value is -2.57. The van der Waals surface area contributed by atoms with E-state index in [1.54, 1.807) is 18.3 Å². The number of nitrogens with zero attached hydrogens (tertiary/aromatic N) is 1. The highest BCUT2D eigenvalue weighted by atomic mass is 79.9. The summed E-state index contributed by atoms with van der Waals surface area (Å²) in [5.74, 6) is -1.29. The highest BCUT2D eigenvalue weighted by molar-refractivity contribution is 9.10. The van der Waals surface area contributed by atoms with Gasteiger partial charge in [0.05, 0.1) is 16.1 Å².